The quantitative estimate of drug-likeness (QED) is 0.326. The van der Waals surface area contributed by atoms with Crippen molar-refractivity contribution in [2.24, 2.45) is 0 Å². The molecule has 0 aliphatic heterocycles. The van der Waals surface area contributed by atoms with E-state index < -0.39 is 10.1 Å². The van der Waals surface area contributed by atoms with Crippen LogP contribution in [0, 0.1) is 6.07 Å². The van der Waals surface area contributed by atoms with Crippen molar-refractivity contribution in [2.75, 3.05) is 0 Å². The first kappa shape index (κ1) is 18.3. The second-order valence-electron chi connectivity index (χ2n) is 2.87. The monoisotopic (exact) mass is 570 g/mol. The summed E-state index contributed by atoms with van der Waals surface area (Å²) in [6, 6.07) is 19.9. The molecule has 3 nitrogen and oxygen atoms in total. The van der Waals surface area contributed by atoms with Gasteiger partial charge in [-0.3, -0.25) is 4.55 Å². The van der Waals surface area contributed by atoms with Crippen molar-refractivity contribution in [3.8, 4) is 0 Å². The van der Waals surface area contributed by atoms with E-state index >= 15 is 0 Å². The molecule has 0 saturated carbocycles. The van der Waals surface area contributed by atoms with E-state index in [1.165, 1.54) is 12.1 Å². The van der Waals surface area contributed by atoms with Gasteiger partial charge in [0, 0.05) is 19.5 Å². The third-order valence-corrected chi connectivity index (χ3v) is 2.52. The average molecular weight is 570 g/mol. The molecule has 1 N–H and O–H groups in total. The van der Waals surface area contributed by atoms with Crippen molar-refractivity contribution < 1.29 is 32.4 Å². The topological polar surface area (TPSA) is 54.4 Å². The smallest absolute Gasteiger partial charge is 0.282 e. The molecule has 0 spiro atoms. The van der Waals surface area contributed by atoms with Crippen LogP contribution in [-0.4, -0.2) is 13.0 Å². The van der Waals surface area contributed by atoms with E-state index in [1.54, 1.807) is 18.2 Å². The first-order chi connectivity index (χ1) is 7.61. The van der Waals surface area contributed by atoms with Gasteiger partial charge in [0.2, 0.25) is 0 Å². The standard InChI is InChI=1S/C6H6O3S.C6H5.Sg.Zn/c7-10(8,9)6-4-2-1-3-5-6;1-2-4-6-5-3-1;;/h1-5H,(H,7,8,9);1-5H;;/q;-1;;. The summed E-state index contributed by atoms with van der Waals surface area (Å²) in [7, 11) is -4.00. The fourth-order valence-corrected chi connectivity index (χ4v) is 1.44. The molecule has 2 rings (SSSR count). The van der Waals surface area contributed by atoms with Crippen molar-refractivity contribution in [1.82, 2.24) is 0 Å². The Hall–Kier alpha value is -2.03. The van der Waals surface area contributed by atoms with Crippen LogP contribution >= 0.6 is 0 Å². The summed E-state index contributed by atoms with van der Waals surface area (Å²) in [5.74, 6) is 0. The minimum atomic E-state index is -4.00. The van der Waals surface area contributed by atoms with E-state index in [2.05, 4.69) is 6.07 Å². The number of rotatable bonds is 1. The molecule has 0 fully saturated rings. The number of hydrogen-bond acceptors (Lipinski definition) is 2. The van der Waals surface area contributed by atoms with Crippen molar-refractivity contribution in [1.29, 1.82) is 0 Å². The Morgan fingerprint density at radius 1 is 0.889 bits per heavy atom. The fourth-order valence-electron chi connectivity index (χ4n) is 0.934. The van der Waals surface area contributed by atoms with E-state index in [0.717, 1.165) is 0 Å². The molecule has 6 heteroatoms. The van der Waals surface area contributed by atoms with E-state index in [4.69, 9.17) is 4.55 Å². The van der Waals surface area contributed by atoms with Crippen LogP contribution in [0.1, 0.15) is 0 Å². The molecule has 88 valence electrons. The van der Waals surface area contributed by atoms with Gasteiger partial charge >= 0.3 is 0 Å². The van der Waals surface area contributed by atoms with Crippen LogP contribution in [0.3, 0.4) is 0 Å². The van der Waals surface area contributed by atoms with Crippen molar-refractivity contribution in [2.45, 2.75) is 4.90 Å². The Balaban J connectivity index is 0. The summed E-state index contributed by atoms with van der Waals surface area (Å²) in [6.07, 6.45) is 0. The SMILES string of the molecule is O=S(=O)(O)c1ccccc1.[Sg].[Zn].[c-]1ccccc1. The Morgan fingerprint density at radius 2 is 1.33 bits per heavy atom. The van der Waals surface area contributed by atoms with Gasteiger partial charge in [0.15, 0.2) is 0 Å². The third kappa shape index (κ3) is 7.28. The molecular weight excluding hydrogens is 559 g/mol. The molecule has 0 bridgehead atoms. The molecule has 2 aromatic carbocycles. The van der Waals surface area contributed by atoms with Gasteiger partial charge in [-0.15, -0.1) is 0 Å². The molecule has 0 amide bonds. The fraction of sp³-hybridized carbons (Fsp3) is 0. The van der Waals surface area contributed by atoms with Gasteiger partial charge in [-0.1, -0.05) is 18.2 Å². The van der Waals surface area contributed by atoms with Gasteiger partial charge < -0.3 is 0 Å². The van der Waals surface area contributed by atoms with Gasteiger partial charge in [0.05, 0.1) is 4.90 Å². The van der Waals surface area contributed by atoms with Crippen molar-refractivity contribution in [3.05, 3.63) is 66.7 Å². The molecule has 0 aromatic heterocycles. The summed E-state index contributed by atoms with van der Waals surface area (Å²) < 4.78 is 29.2. The van der Waals surface area contributed by atoms with E-state index in [-0.39, 0.29) is 24.4 Å². The summed E-state index contributed by atoms with van der Waals surface area (Å²) in [4.78, 5) is -0.0741. The molecule has 0 saturated heterocycles. The van der Waals surface area contributed by atoms with Crippen LogP contribution in [0.15, 0.2) is 65.6 Å². The third-order valence-electron chi connectivity index (χ3n) is 1.65. The van der Waals surface area contributed by atoms with E-state index in [0.29, 0.717) is 0 Å². The first-order valence-corrected chi connectivity index (χ1v) is 5.98. The minimum Gasteiger partial charge on any atom is -0.282 e. The zero-order valence-corrected chi connectivity index (χ0v) is 20.1. The molecule has 0 unspecified atom stereocenters. The molecule has 0 heterocycles. The van der Waals surface area contributed by atoms with E-state index in [9.17, 15) is 8.42 Å². The zero-order chi connectivity index (χ0) is 11.9. The Morgan fingerprint density at radius 3 is 1.56 bits per heavy atom. The number of benzene rings is 2. The largest absolute Gasteiger partial charge is 0.294 e. The van der Waals surface area contributed by atoms with Gasteiger partial charge in [0.25, 0.3) is 10.1 Å². The van der Waals surface area contributed by atoms with Crippen LogP contribution in [-0.2, 0) is 29.6 Å². The predicted molar refractivity (Wildman–Crippen MR) is 61.5 cm³/mol. The summed E-state index contributed by atoms with van der Waals surface area (Å²) in [5.41, 5.74) is 0. The summed E-state index contributed by atoms with van der Waals surface area (Å²) >= 11 is 0. The second-order valence-corrected chi connectivity index (χ2v) is 4.29. The predicted octanol–water partition coefficient (Wildman–Crippen LogP) is 2.42. The Bertz CT molecular complexity index is 477. The van der Waals surface area contributed by atoms with Gasteiger partial charge in [-0.2, -0.15) is 44.8 Å². The molecule has 0 aliphatic carbocycles. The molecule has 0 radical (unpaired) electrons. The maximum absolute atomic E-state index is 10.4. The number of hydrogen-bond donors (Lipinski definition) is 1. The molecular formula is C12H11O3SSgZn-. The molecule has 0 aliphatic rings. The maximum Gasteiger partial charge on any atom is 0.294 e. The van der Waals surface area contributed by atoms with E-state index in [1.807, 2.05) is 30.3 Å². The van der Waals surface area contributed by atoms with Crippen molar-refractivity contribution in [3.63, 3.8) is 0 Å². The molecule has 0 atom stereocenters. The van der Waals surface area contributed by atoms with Crippen LogP contribution in [0.4, 0.5) is 0 Å². The normalized spacial score (nSPS) is 8.94. The van der Waals surface area contributed by atoms with Gasteiger partial charge in [-0.05, 0) is 12.1 Å². The molecule has 2 aromatic rings. The van der Waals surface area contributed by atoms with Gasteiger partial charge in [0.1, 0.15) is 0 Å². The average Bonchev–Trinajstić information content (AvgIpc) is 2.32. The van der Waals surface area contributed by atoms with Crippen LogP contribution in [0.25, 0.3) is 0 Å². The van der Waals surface area contributed by atoms with Crippen LogP contribution < -0.4 is 0 Å². The summed E-state index contributed by atoms with van der Waals surface area (Å²) in [5, 5.41) is 0. The van der Waals surface area contributed by atoms with Crippen LogP contribution in [0.5, 0.6) is 0 Å². The Kier molecular flexibility index (Phi) is 9.22. The zero-order valence-electron chi connectivity index (χ0n) is 9.86. The van der Waals surface area contributed by atoms with Crippen LogP contribution in [0.2, 0.25) is 0 Å². The Labute approximate surface area is 114 Å². The first-order valence-electron chi connectivity index (χ1n) is 4.54. The maximum atomic E-state index is 10.4. The minimum absolute atomic E-state index is 0. The van der Waals surface area contributed by atoms with Crippen molar-refractivity contribution >= 4 is 10.1 Å². The second kappa shape index (κ2) is 9.05. The van der Waals surface area contributed by atoms with Gasteiger partial charge in [-0.25, -0.2) is 0 Å². The summed E-state index contributed by atoms with van der Waals surface area (Å²) in [6.45, 7) is 0. The molecule has 18 heavy (non-hydrogen) atoms.